The van der Waals surface area contributed by atoms with E-state index < -0.39 is 0 Å². The third-order valence-electron chi connectivity index (χ3n) is 4.79. The highest BCUT2D eigenvalue weighted by molar-refractivity contribution is 5.22. The number of para-hydroxylation sites is 1. The Morgan fingerprint density at radius 2 is 1.27 bits per heavy atom. The smallest absolute Gasteiger partial charge is 0.119 e. The van der Waals surface area contributed by atoms with E-state index in [9.17, 15) is 0 Å². The highest BCUT2D eigenvalue weighted by Crippen LogP contribution is 2.25. The Morgan fingerprint density at radius 3 is 1.88 bits per heavy atom. The molecule has 3 aromatic carbocycles. The van der Waals surface area contributed by atoms with Gasteiger partial charge in [-0.25, -0.2) is 0 Å². The fourth-order valence-corrected chi connectivity index (χ4v) is 3.22. The average Bonchev–Trinajstić information content (AvgIpc) is 2.72. The first-order valence-corrected chi connectivity index (χ1v) is 9.26. The summed E-state index contributed by atoms with van der Waals surface area (Å²) in [7, 11) is 0. The molecule has 0 unspecified atom stereocenters. The lowest BCUT2D eigenvalue weighted by Gasteiger charge is -2.35. The van der Waals surface area contributed by atoms with Crippen LogP contribution in [0.4, 0.5) is 0 Å². The van der Waals surface area contributed by atoms with Gasteiger partial charge in [0.2, 0.25) is 0 Å². The van der Waals surface area contributed by atoms with Crippen molar-refractivity contribution in [3.8, 4) is 5.75 Å². The van der Waals surface area contributed by atoms with Crippen LogP contribution in [0.25, 0.3) is 0 Å². The molecule has 3 aromatic rings. The first-order valence-electron chi connectivity index (χ1n) is 9.26. The lowest BCUT2D eigenvalue weighted by Crippen LogP contribution is -2.38. The number of benzene rings is 3. The van der Waals surface area contributed by atoms with Crippen LogP contribution in [0.5, 0.6) is 5.75 Å². The van der Waals surface area contributed by atoms with Crippen LogP contribution in [0.15, 0.2) is 91.0 Å². The van der Waals surface area contributed by atoms with Crippen LogP contribution in [-0.4, -0.2) is 17.5 Å². The van der Waals surface area contributed by atoms with E-state index in [1.807, 2.05) is 30.3 Å². The summed E-state index contributed by atoms with van der Waals surface area (Å²) < 4.78 is 6.03. The first-order chi connectivity index (χ1) is 12.7. The van der Waals surface area contributed by atoms with Crippen LogP contribution in [0, 0.1) is 0 Å². The van der Waals surface area contributed by atoms with Gasteiger partial charge in [-0.3, -0.25) is 4.90 Å². The summed E-state index contributed by atoms with van der Waals surface area (Å²) in [4.78, 5) is 2.51. The van der Waals surface area contributed by atoms with E-state index >= 15 is 0 Å². The summed E-state index contributed by atoms with van der Waals surface area (Å²) in [5.74, 6) is 0.923. The first kappa shape index (κ1) is 18.2. The molecule has 134 valence electrons. The average molecular weight is 345 g/mol. The minimum Gasteiger partial charge on any atom is -0.492 e. The third kappa shape index (κ3) is 4.96. The van der Waals surface area contributed by atoms with Crippen molar-refractivity contribution >= 4 is 0 Å². The van der Waals surface area contributed by atoms with Crippen molar-refractivity contribution in [2.75, 3.05) is 6.61 Å². The van der Waals surface area contributed by atoms with Crippen molar-refractivity contribution < 1.29 is 4.74 Å². The van der Waals surface area contributed by atoms with Crippen LogP contribution < -0.4 is 4.74 Å². The van der Waals surface area contributed by atoms with Gasteiger partial charge in [-0.05, 0) is 37.1 Å². The van der Waals surface area contributed by atoms with Gasteiger partial charge in [0.15, 0.2) is 0 Å². The normalized spacial score (nSPS) is 13.3. The molecule has 0 heterocycles. The van der Waals surface area contributed by atoms with Crippen molar-refractivity contribution in [1.82, 2.24) is 4.90 Å². The summed E-state index contributed by atoms with van der Waals surface area (Å²) in [6.07, 6.45) is 0. The second-order valence-electron chi connectivity index (χ2n) is 6.72. The summed E-state index contributed by atoms with van der Waals surface area (Å²) >= 11 is 0. The molecule has 0 spiro atoms. The molecule has 3 rings (SSSR count). The van der Waals surface area contributed by atoms with Crippen molar-refractivity contribution in [2.45, 2.75) is 32.5 Å². The minimum absolute atomic E-state index is 0.283. The molecule has 0 aliphatic carbocycles. The Hall–Kier alpha value is -2.58. The molecule has 2 nitrogen and oxygen atoms in total. The molecular weight excluding hydrogens is 318 g/mol. The highest BCUT2D eigenvalue weighted by Gasteiger charge is 2.22. The van der Waals surface area contributed by atoms with Crippen LogP contribution in [0.1, 0.15) is 31.0 Å². The van der Waals surface area contributed by atoms with Crippen LogP contribution >= 0.6 is 0 Å². The quantitative estimate of drug-likeness (QED) is 0.518. The van der Waals surface area contributed by atoms with Gasteiger partial charge >= 0.3 is 0 Å². The Kier molecular flexibility index (Phi) is 6.45. The largest absolute Gasteiger partial charge is 0.492 e. The number of ether oxygens (including phenoxy) is 1. The zero-order chi connectivity index (χ0) is 18.2. The maximum Gasteiger partial charge on any atom is 0.119 e. The number of rotatable bonds is 8. The van der Waals surface area contributed by atoms with E-state index in [-0.39, 0.29) is 6.04 Å². The highest BCUT2D eigenvalue weighted by atomic mass is 16.5. The molecule has 0 saturated heterocycles. The van der Waals surface area contributed by atoms with Crippen LogP contribution in [0.2, 0.25) is 0 Å². The topological polar surface area (TPSA) is 12.5 Å². The van der Waals surface area contributed by atoms with Crippen LogP contribution in [0.3, 0.4) is 0 Å². The molecule has 0 radical (unpaired) electrons. The molecule has 2 atom stereocenters. The van der Waals surface area contributed by atoms with Gasteiger partial charge in [0.1, 0.15) is 12.4 Å². The summed E-state index contributed by atoms with van der Waals surface area (Å²) in [6.45, 7) is 6.08. The van der Waals surface area contributed by atoms with Crippen molar-refractivity contribution in [3.63, 3.8) is 0 Å². The molecule has 26 heavy (non-hydrogen) atoms. The Balaban J connectivity index is 1.75. The second kappa shape index (κ2) is 9.21. The molecular formula is C24H27NO. The number of hydrogen-bond acceptors (Lipinski definition) is 2. The van der Waals surface area contributed by atoms with Gasteiger partial charge in [-0.15, -0.1) is 0 Å². The predicted molar refractivity (Wildman–Crippen MR) is 108 cm³/mol. The van der Waals surface area contributed by atoms with Crippen molar-refractivity contribution in [2.24, 2.45) is 0 Å². The van der Waals surface area contributed by atoms with Gasteiger partial charge in [0.05, 0.1) is 0 Å². The number of nitrogens with zero attached hydrogens (tertiary/aromatic N) is 1. The molecule has 0 amide bonds. The number of hydrogen-bond donors (Lipinski definition) is 0. The van der Waals surface area contributed by atoms with E-state index in [1.54, 1.807) is 0 Å². The Bertz CT molecular complexity index is 758. The molecule has 2 heteroatoms. The van der Waals surface area contributed by atoms with Crippen molar-refractivity contribution in [1.29, 1.82) is 0 Å². The molecule has 0 fully saturated rings. The van der Waals surface area contributed by atoms with E-state index in [0.29, 0.717) is 12.6 Å². The van der Waals surface area contributed by atoms with E-state index in [0.717, 1.165) is 12.3 Å². The molecule has 0 N–H and O–H groups in total. The Labute approximate surface area is 157 Å². The Morgan fingerprint density at radius 1 is 0.731 bits per heavy atom. The molecule has 0 aromatic heterocycles. The van der Waals surface area contributed by atoms with Gasteiger partial charge in [0, 0.05) is 18.6 Å². The molecule has 0 bridgehead atoms. The lowest BCUT2D eigenvalue weighted by molar-refractivity contribution is 0.101. The maximum absolute atomic E-state index is 6.03. The molecule has 0 aliphatic heterocycles. The fourth-order valence-electron chi connectivity index (χ4n) is 3.22. The SMILES string of the molecule is C[C@H](c1ccccc1)N(Cc1ccccc1)[C@@H](C)COc1ccccc1. The fraction of sp³-hybridized carbons (Fsp3) is 0.250. The van der Waals surface area contributed by atoms with Crippen LogP contribution in [-0.2, 0) is 6.54 Å². The van der Waals surface area contributed by atoms with Gasteiger partial charge in [-0.2, -0.15) is 0 Å². The minimum atomic E-state index is 0.283. The van der Waals surface area contributed by atoms with Gasteiger partial charge in [0.25, 0.3) is 0 Å². The monoisotopic (exact) mass is 345 g/mol. The van der Waals surface area contributed by atoms with Crippen molar-refractivity contribution in [3.05, 3.63) is 102 Å². The summed E-state index contributed by atoms with van der Waals surface area (Å²) in [5.41, 5.74) is 2.65. The van der Waals surface area contributed by atoms with E-state index in [4.69, 9.17) is 4.74 Å². The lowest BCUT2D eigenvalue weighted by atomic mass is 10.0. The second-order valence-corrected chi connectivity index (χ2v) is 6.72. The third-order valence-corrected chi connectivity index (χ3v) is 4.79. The standard InChI is InChI=1S/C24H27NO/c1-20(19-26-24-16-10-5-11-17-24)25(18-22-12-6-3-7-13-22)21(2)23-14-8-4-9-15-23/h3-17,20-21H,18-19H2,1-2H3/t20-,21+/m0/s1. The summed E-state index contributed by atoms with van der Waals surface area (Å²) in [6, 6.07) is 32.0. The molecule has 0 saturated carbocycles. The summed E-state index contributed by atoms with van der Waals surface area (Å²) in [5, 5.41) is 0. The zero-order valence-electron chi connectivity index (χ0n) is 15.6. The molecule has 0 aliphatic rings. The van der Waals surface area contributed by atoms with Gasteiger partial charge < -0.3 is 4.74 Å². The van der Waals surface area contributed by atoms with E-state index in [1.165, 1.54) is 11.1 Å². The maximum atomic E-state index is 6.03. The zero-order valence-corrected chi connectivity index (χ0v) is 15.6. The van der Waals surface area contributed by atoms with Gasteiger partial charge in [-0.1, -0.05) is 78.9 Å². The predicted octanol–water partition coefficient (Wildman–Crippen LogP) is 5.72. The van der Waals surface area contributed by atoms with E-state index in [2.05, 4.69) is 79.4 Å².